The topological polar surface area (TPSA) is 199 Å². The Morgan fingerprint density at radius 2 is 1.73 bits per heavy atom. The van der Waals surface area contributed by atoms with Crippen molar-refractivity contribution in [2.24, 2.45) is 5.92 Å². The second-order valence-electron chi connectivity index (χ2n) is 18.8. The first kappa shape index (κ1) is 44.0. The highest BCUT2D eigenvalue weighted by Crippen LogP contribution is 2.48. The van der Waals surface area contributed by atoms with Crippen LogP contribution in [0, 0.1) is 5.92 Å². The van der Waals surface area contributed by atoms with Crippen LogP contribution < -0.4 is 20.1 Å². The fraction of sp³-hybridized carbons (Fsp3) is 0.532. The zero-order valence-electron chi connectivity index (χ0n) is 36.4. The lowest BCUT2D eigenvalue weighted by Gasteiger charge is -2.30. The van der Waals surface area contributed by atoms with E-state index in [1.807, 2.05) is 36.4 Å². The lowest BCUT2D eigenvalue weighted by atomic mass is 10.0. The fourth-order valence-electron chi connectivity index (χ4n) is 9.25. The summed E-state index contributed by atoms with van der Waals surface area (Å²) in [7, 11) is -4.03. The number of alkyl carbamates (subject to hydrolysis) is 1. The average molecular weight is 916 g/mol. The Hall–Kier alpha value is -5.22. The Morgan fingerprint density at radius 1 is 0.984 bits per heavy atom. The number of carbonyl (C=O) groups is 4. The van der Waals surface area contributed by atoms with Gasteiger partial charge < -0.3 is 29.4 Å². The smallest absolute Gasteiger partial charge is 0.408 e. The summed E-state index contributed by atoms with van der Waals surface area (Å²) in [6.45, 7) is 5.73. The summed E-state index contributed by atoms with van der Waals surface area (Å²) in [5.41, 5.74) is 1.54. The van der Waals surface area contributed by atoms with Crippen LogP contribution in [0.4, 0.5) is 4.79 Å². The van der Waals surface area contributed by atoms with Gasteiger partial charge >= 0.3 is 6.09 Å². The molecular formula is C47H55ClN6O9S. The van der Waals surface area contributed by atoms with Crippen LogP contribution in [0.15, 0.2) is 59.0 Å². The van der Waals surface area contributed by atoms with Crippen LogP contribution in [0.2, 0.25) is 5.02 Å². The molecule has 0 spiro atoms. The summed E-state index contributed by atoms with van der Waals surface area (Å²) in [5, 5.41) is 6.89. The first-order chi connectivity index (χ1) is 30.6. The van der Waals surface area contributed by atoms with Crippen molar-refractivity contribution >= 4 is 67.5 Å². The van der Waals surface area contributed by atoms with Gasteiger partial charge in [-0.05, 0) is 101 Å². The van der Waals surface area contributed by atoms with E-state index in [4.69, 9.17) is 35.5 Å². The molecule has 5 atom stereocenters. The van der Waals surface area contributed by atoms with Crippen molar-refractivity contribution in [3.8, 4) is 17.3 Å². The number of nitrogens with one attached hydrogen (secondary N) is 3. The number of benzene rings is 2. The molecule has 3 aliphatic carbocycles. The summed E-state index contributed by atoms with van der Waals surface area (Å²) in [6.07, 6.45) is 9.63. The molecule has 0 unspecified atom stereocenters. The molecule has 2 aromatic heterocycles. The van der Waals surface area contributed by atoms with E-state index in [1.165, 1.54) is 4.90 Å². The van der Waals surface area contributed by atoms with Gasteiger partial charge in [-0.15, -0.1) is 0 Å². The molecule has 4 heterocycles. The van der Waals surface area contributed by atoms with Gasteiger partial charge in [-0.3, -0.25) is 19.1 Å². The third-order valence-corrected chi connectivity index (χ3v) is 16.1. The molecule has 3 N–H and O–H groups in total. The highest BCUT2D eigenvalue weighted by atomic mass is 35.5. The molecule has 340 valence electrons. The van der Waals surface area contributed by atoms with Crippen LogP contribution in [-0.2, 0) is 29.1 Å². The van der Waals surface area contributed by atoms with Crippen LogP contribution in [0.25, 0.3) is 33.5 Å². The normalized spacial score (nSPS) is 26.7. The molecule has 4 amide bonds. The predicted octanol–water partition coefficient (Wildman–Crippen LogP) is 7.60. The maximum absolute atomic E-state index is 14.9. The first-order valence-electron chi connectivity index (χ1n) is 22.6. The van der Waals surface area contributed by atoms with E-state index in [9.17, 15) is 27.6 Å². The van der Waals surface area contributed by atoms with E-state index in [2.05, 4.69) is 29.2 Å². The van der Waals surface area contributed by atoms with Gasteiger partial charge in [0.25, 0.3) is 11.8 Å². The Morgan fingerprint density at radius 3 is 2.47 bits per heavy atom. The van der Waals surface area contributed by atoms with Crippen LogP contribution in [-0.4, -0.2) is 88.2 Å². The van der Waals surface area contributed by atoms with Gasteiger partial charge in [0.05, 0.1) is 11.3 Å². The van der Waals surface area contributed by atoms with Crippen molar-refractivity contribution in [1.82, 2.24) is 30.2 Å². The van der Waals surface area contributed by atoms with Gasteiger partial charge in [0, 0.05) is 28.3 Å². The summed E-state index contributed by atoms with van der Waals surface area (Å²) in [4.78, 5) is 68.2. The van der Waals surface area contributed by atoms with Crippen LogP contribution in [0.5, 0.6) is 5.88 Å². The molecule has 2 aromatic carbocycles. The second-order valence-corrected chi connectivity index (χ2v) is 21.4. The first-order valence-corrected chi connectivity index (χ1v) is 24.5. The van der Waals surface area contributed by atoms with Gasteiger partial charge in [0.15, 0.2) is 5.82 Å². The zero-order valence-corrected chi connectivity index (χ0v) is 37.9. The fourth-order valence-corrected chi connectivity index (χ4v) is 10.7. The largest absolute Gasteiger partial charge is 0.470 e. The van der Waals surface area contributed by atoms with Gasteiger partial charge in [-0.25, -0.2) is 18.2 Å². The molecule has 17 heteroatoms. The Bertz CT molecular complexity index is 2620. The van der Waals surface area contributed by atoms with E-state index in [0.29, 0.717) is 65.4 Å². The molecule has 64 heavy (non-hydrogen) atoms. The Labute approximate surface area is 377 Å². The second kappa shape index (κ2) is 17.3. The Kier molecular flexibility index (Phi) is 11.9. The van der Waals surface area contributed by atoms with Crippen molar-refractivity contribution in [2.75, 3.05) is 6.54 Å². The molecule has 2 aliphatic heterocycles. The molecule has 3 saturated carbocycles. The molecule has 0 bridgehead atoms. The number of amides is 4. The van der Waals surface area contributed by atoms with Crippen molar-refractivity contribution < 1.29 is 41.5 Å². The standard InChI is InChI=1S/C47H55ClN6O9S/c1-27(2)28-15-17-29(18-16-28)40-50-38-34-23-31(48)19-20-37(34)63-39(38)42(51-40)61-33-24-36-41(55)52-47(44(57)53-64(59,60)46(3)21-22-46)25-30(47)11-7-5-4-6-8-14-35(43(56)54(36)26-33)49-45(58)62-32-12-9-10-13-32/h7,11,15-20,23,27,30,32-33,35-36H,4-6,8-10,12-14,21-22,24-26H2,1-3H3,(H,49,58)(H,52,55)(H,53,57)/b11-7-/t30-,33+,35-,36-,47+/m0/s1. The summed E-state index contributed by atoms with van der Waals surface area (Å²) in [6, 6.07) is 10.9. The molecular weight excluding hydrogens is 860 g/mol. The van der Waals surface area contributed by atoms with Gasteiger partial charge in [0.2, 0.25) is 27.4 Å². The zero-order chi connectivity index (χ0) is 45.0. The van der Waals surface area contributed by atoms with Crippen molar-refractivity contribution in [1.29, 1.82) is 0 Å². The minimum atomic E-state index is -4.03. The number of carbonyl (C=O) groups excluding carboxylic acids is 4. The monoisotopic (exact) mass is 914 g/mol. The van der Waals surface area contributed by atoms with Gasteiger partial charge in [0.1, 0.15) is 40.9 Å². The number of aromatic nitrogens is 2. The SMILES string of the molecule is CC(C)c1ccc(-c2nc(O[C@@H]3C[C@H]4C(=O)N[C@]5(C(=O)NS(=O)(=O)C6(C)CC6)C[C@@H]5/C=C\CCCCC[C@H](NC(=O)OC5CCCC5)C(=O)N4C3)c3oc4ccc(Cl)cc4c3n2)cc1. The number of furan rings is 1. The number of allylic oxidation sites excluding steroid dienone is 1. The van der Waals surface area contributed by atoms with Gasteiger partial charge in [-0.1, -0.05) is 74.7 Å². The Balaban J connectivity index is 1.06. The minimum Gasteiger partial charge on any atom is -0.470 e. The number of nitrogens with zero attached hydrogens (tertiary/aromatic N) is 3. The number of rotatable bonds is 9. The lowest BCUT2D eigenvalue weighted by Crippen LogP contribution is -2.58. The predicted molar refractivity (Wildman–Crippen MR) is 240 cm³/mol. The number of hydrogen-bond acceptors (Lipinski definition) is 11. The quantitative estimate of drug-likeness (QED) is 0.140. The average Bonchev–Trinajstić information content (AvgIpc) is 3.93. The molecule has 9 rings (SSSR count). The number of hydrogen-bond donors (Lipinski definition) is 3. The number of sulfonamides is 1. The summed E-state index contributed by atoms with van der Waals surface area (Å²) >= 11 is 6.45. The third kappa shape index (κ3) is 8.79. The van der Waals surface area contributed by atoms with E-state index >= 15 is 0 Å². The lowest BCUT2D eigenvalue weighted by molar-refractivity contribution is -0.141. The van der Waals surface area contributed by atoms with Crippen molar-refractivity contribution in [3.05, 3.63) is 65.2 Å². The minimum absolute atomic E-state index is 0.0264. The van der Waals surface area contributed by atoms with E-state index in [0.717, 1.165) is 49.7 Å². The maximum atomic E-state index is 14.9. The summed E-state index contributed by atoms with van der Waals surface area (Å²) < 4.78 is 46.6. The van der Waals surface area contributed by atoms with Crippen LogP contribution in [0.3, 0.4) is 0 Å². The molecule has 4 aromatic rings. The van der Waals surface area contributed by atoms with E-state index in [1.54, 1.807) is 25.1 Å². The molecule has 15 nitrogen and oxygen atoms in total. The third-order valence-electron chi connectivity index (χ3n) is 13.7. The molecule has 1 saturated heterocycles. The molecule has 0 radical (unpaired) electrons. The number of fused-ring (bicyclic) bond motifs is 5. The maximum Gasteiger partial charge on any atom is 0.408 e. The van der Waals surface area contributed by atoms with E-state index < -0.39 is 68.2 Å². The number of ether oxygens (including phenoxy) is 2. The van der Waals surface area contributed by atoms with Crippen molar-refractivity contribution in [2.45, 2.75) is 145 Å². The molecule has 5 aliphatic rings. The van der Waals surface area contributed by atoms with E-state index in [-0.39, 0.29) is 37.0 Å². The summed E-state index contributed by atoms with van der Waals surface area (Å²) in [5.74, 6) is -1.67. The number of halogens is 1. The van der Waals surface area contributed by atoms with Gasteiger partial charge in [-0.2, -0.15) is 4.98 Å². The highest BCUT2D eigenvalue weighted by molar-refractivity contribution is 7.91. The van der Waals surface area contributed by atoms with Crippen LogP contribution >= 0.6 is 11.6 Å². The molecule has 4 fully saturated rings. The van der Waals surface area contributed by atoms with Crippen molar-refractivity contribution in [3.63, 3.8) is 0 Å². The van der Waals surface area contributed by atoms with Crippen LogP contribution in [0.1, 0.15) is 116 Å². The highest BCUT2D eigenvalue weighted by Gasteiger charge is 2.63.